The molecule has 0 aromatic rings. The number of rotatable bonds is 4. The molecule has 5 nitrogen and oxygen atoms in total. The van der Waals surface area contributed by atoms with E-state index in [2.05, 4.69) is 24.1 Å². The molecule has 1 saturated heterocycles. The summed E-state index contributed by atoms with van der Waals surface area (Å²) in [6, 6.07) is 0.539. The molecule has 118 valence electrons. The number of alkyl carbamates (subject to hydrolysis) is 1. The SMILES string of the molecule is CC(C)N1CC(CCO)CC(NC(=O)OC(C)(C)C)C1. The lowest BCUT2D eigenvalue weighted by atomic mass is 9.91. The first kappa shape index (κ1) is 17.2. The Kier molecular flexibility index (Phi) is 6.27. The maximum Gasteiger partial charge on any atom is 0.407 e. The van der Waals surface area contributed by atoms with Crippen molar-refractivity contribution in [2.45, 2.75) is 65.1 Å². The van der Waals surface area contributed by atoms with Crippen LogP contribution >= 0.6 is 0 Å². The van der Waals surface area contributed by atoms with Gasteiger partial charge in [-0.2, -0.15) is 0 Å². The monoisotopic (exact) mass is 286 g/mol. The van der Waals surface area contributed by atoms with Crippen LogP contribution in [0.3, 0.4) is 0 Å². The Morgan fingerprint density at radius 2 is 2.05 bits per heavy atom. The summed E-state index contributed by atoms with van der Waals surface area (Å²) in [5, 5.41) is 12.1. The van der Waals surface area contributed by atoms with Crippen molar-refractivity contribution in [1.82, 2.24) is 10.2 Å². The number of aliphatic hydroxyl groups excluding tert-OH is 1. The van der Waals surface area contributed by atoms with Crippen molar-refractivity contribution in [3.8, 4) is 0 Å². The van der Waals surface area contributed by atoms with Gasteiger partial charge >= 0.3 is 6.09 Å². The zero-order valence-electron chi connectivity index (χ0n) is 13.5. The van der Waals surface area contributed by atoms with Gasteiger partial charge in [0.15, 0.2) is 0 Å². The van der Waals surface area contributed by atoms with E-state index < -0.39 is 5.60 Å². The standard InChI is InChI=1S/C15H30N2O3/c1-11(2)17-9-12(6-7-18)8-13(10-17)16-14(19)20-15(3,4)5/h11-13,18H,6-10H2,1-5H3,(H,16,19). The topological polar surface area (TPSA) is 61.8 Å². The Bertz CT molecular complexity index is 313. The second kappa shape index (κ2) is 7.27. The summed E-state index contributed by atoms with van der Waals surface area (Å²) < 4.78 is 5.31. The molecule has 2 unspecified atom stereocenters. The van der Waals surface area contributed by atoms with E-state index in [4.69, 9.17) is 9.84 Å². The number of piperidine rings is 1. The molecule has 0 radical (unpaired) electrons. The first-order valence-corrected chi connectivity index (χ1v) is 7.55. The molecule has 0 aliphatic carbocycles. The summed E-state index contributed by atoms with van der Waals surface area (Å²) in [4.78, 5) is 14.2. The second-order valence-electron chi connectivity index (χ2n) is 7.00. The smallest absolute Gasteiger partial charge is 0.407 e. The van der Waals surface area contributed by atoms with Gasteiger partial charge in [-0.25, -0.2) is 4.79 Å². The number of hydrogen-bond acceptors (Lipinski definition) is 4. The third-order valence-electron chi connectivity index (χ3n) is 3.55. The Morgan fingerprint density at radius 1 is 1.40 bits per heavy atom. The summed E-state index contributed by atoms with van der Waals surface area (Å²) in [7, 11) is 0. The summed E-state index contributed by atoms with van der Waals surface area (Å²) in [5.41, 5.74) is -0.471. The lowest BCUT2D eigenvalue weighted by Gasteiger charge is -2.40. The fourth-order valence-electron chi connectivity index (χ4n) is 2.63. The van der Waals surface area contributed by atoms with Crippen LogP contribution in [0.5, 0.6) is 0 Å². The average Bonchev–Trinajstić information content (AvgIpc) is 2.26. The molecule has 0 aromatic heterocycles. The van der Waals surface area contributed by atoms with Gasteiger partial charge in [-0.05, 0) is 53.4 Å². The molecular formula is C15H30N2O3. The van der Waals surface area contributed by atoms with Gasteiger partial charge in [0.2, 0.25) is 0 Å². The second-order valence-corrected chi connectivity index (χ2v) is 7.00. The molecule has 1 aliphatic rings. The quantitative estimate of drug-likeness (QED) is 0.829. The number of hydrogen-bond donors (Lipinski definition) is 2. The van der Waals surface area contributed by atoms with Crippen LogP contribution in [-0.4, -0.2) is 53.5 Å². The van der Waals surface area contributed by atoms with E-state index in [-0.39, 0.29) is 18.7 Å². The molecule has 1 rings (SSSR count). The molecule has 5 heteroatoms. The number of ether oxygens (including phenoxy) is 1. The number of amides is 1. The predicted octanol–water partition coefficient (Wildman–Crippen LogP) is 1.99. The van der Waals surface area contributed by atoms with Gasteiger partial charge in [-0.1, -0.05) is 0 Å². The minimum atomic E-state index is -0.471. The first-order valence-electron chi connectivity index (χ1n) is 7.55. The van der Waals surface area contributed by atoms with Crippen LogP contribution in [0.15, 0.2) is 0 Å². The van der Waals surface area contributed by atoms with E-state index >= 15 is 0 Å². The van der Waals surface area contributed by atoms with E-state index in [0.29, 0.717) is 12.0 Å². The number of likely N-dealkylation sites (tertiary alicyclic amines) is 1. The van der Waals surface area contributed by atoms with Gasteiger partial charge in [0.05, 0.1) is 0 Å². The van der Waals surface area contributed by atoms with Crippen LogP contribution in [-0.2, 0) is 4.74 Å². The van der Waals surface area contributed by atoms with Gasteiger partial charge in [-0.15, -0.1) is 0 Å². The van der Waals surface area contributed by atoms with E-state index in [1.54, 1.807) is 0 Å². The third kappa shape index (κ3) is 6.09. The summed E-state index contributed by atoms with van der Waals surface area (Å²) in [5.74, 6) is 0.427. The first-order chi connectivity index (χ1) is 9.21. The molecular weight excluding hydrogens is 256 g/mol. The average molecular weight is 286 g/mol. The molecule has 0 saturated carbocycles. The summed E-state index contributed by atoms with van der Waals surface area (Å²) >= 11 is 0. The van der Waals surface area contributed by atoms with E-state index in [1.165, 1.54) is 0 Å². The molecule has 0 aromatic carbocycles. The highest BCUT2D eigenvalue weighted by Crippen LogP contribution is 2.22. The van der Waals surface area contributed by atoms with Gasteiger partial charge in [0.25, 0.3) is 0 Å². The lowest BCUT2D eigenvalue weighted by molar-refractivity contribution is 0.0414. The van der Waals surface area contributed by atoms with Gasteiger partial charge < -0.3 is 15.2 Å². The Hall–Kier alpha value is -0.810. The zero-order chi connectivity index (χ0) is 15.3. The molecule has 0 bridgehead atoms. The molecule has 2 atom stereocenters. The summed E-state index contributed by atoms with van der Waals surface area (Å²) in [6.45, 7) is 11.9. The van der Waals surface area contributed by atoms with Crippen molar-refractivity contribution in [3.05, 3.63) is 0 Å². The molecule has 20 heavy (non-hydrogen) atoms. The van der Waals surface area contributed by atoms with E-state index in [1.807, 2.05) is 20.8 Å². The highest BCUT2D eigenvalue weighted by molar-refractivity contribution is 5.68. The maximum atomic E-state index is 11.9. The van der Waals surface area contributed by atoms with Gasteiger partial charge in [0.1, 0.15) is 5.60 Å². The molecule has 1 amide bonds. The predicted molar refractivity (Wildman–Crippen MR) is 79.7 cm³/mol. The zero-order valence-corrected chi connectivity index (χ0v) is 13.5. The van der Waals surface area contributed by atoms with Crippen molar-refractivity contribution in [1.29, 1.82) is 0 Å². The van der Waals surface area contributed by atoms with Crippen molar-refractivity contribution in [2.75, 3.05) is 19.7 Å². The number of aliphatic hydroxyl groups is 1. The van der Waals surface area contributed by atoms with Crippen molar-refractivity contribution in [2.24, 2.45) is 5.92 Å². The van der Waals surface area contributed by atoms with E-state index in [0.717, 1.165) is 25.9 Å². The molecule has 1 heterocycles. The van der Waals surface area contributed by atoms with Gasteiger partial charge in [0, 0.05) is 31.8 Å². The van der Waals surface area contributed by atoms with Crippen molar-refractivity contribution >= 4 is 6.09 Å². The Labute approximate surface area is 122 Å². The number of nitrogens with one attached hydrogen (secondary N) is 1. The molecule has 0 spiro atoms. The Balaban J connectivity index is 2.56. The van der Waals surface area contributed by atoms with Crippen molar-refractivity contribution < 1.29 is 14.6 Å². The third-order valence-corrected chi connectivity index (χ3v) is 3.55. The number of carbonyl (C=O) groups excluding carboxylic acids is 1. The molecule has 1 aliphatic heterocycles. The van der Waals surface area contributed by atoms with Crippen LogP contribution in [0, 0.1) is 5.92 Å². The molecule has 2 N–H and O–H groups in total. The van der Waals surface area contributed by atoms with Gasteiger partial charge in [-0.3, -0.25) is 4.90 Å². The number of carbonyl (C=O) groups is 1. The fourth-order valence-corrected chi connectivity index (χ4v) is 2.63. The number of nitrogens with zero attached hydrogens (tertiary/aromatic N) is 1. The van der Waals surface area contributed by atoms with E-state index in [9.17, 15) is 4.79 Å². The lowest BCUT2D eigenvalue weighted by Crippen LogP contribution is -2.53. The fraction of sp³-hybridized carbons (Fsp3) is 0.933. The summed E-state index contributed by atoms with van der Waals surface area (Å²) in [6.07, 6.45) is 1.34. The van der Waals surface area contributed by atoms with Crippen LogP contribution in [0.2, 0.25) is 0 Å². The minimum Gasteiger partial charge on any atom is -0.444 e. The largest absolute Gasteiger partial charge is 0.444 e. The van der Waals surface area contributed by atoms with Crippen LogP contribution < -0.4 is 5.32 Å². The maximum absolute atomic E-state index is 11.9. The highest BCUT2D eigenvalue weighted by Gasteiger charge is 2.30. The minimum absolute atomic E-state index is 0.0950. The van der Waals surface area contributed by atoms with Crippen LogP contribution in [0.1, 0.15) is 47.5 Å². The van der Waals surface area contributed by atoms with Crippen LogP contribution in [0.4, 0.5) is 4.79 Å². The highest BCUT2D eigenvalue weighted by atomic mass is 16.6. The van der Waals surface area contributed by atoms with Crippen molar-refractivity contribution in [3.63, 3.8) is 0 Å². The molecule has 1 fully saturated rings. The Morgan fingerprint density at radius 3 is 2.55 bits per heavy atom. The van der Waals surface area contributed by atoms with Crippen LogP contribution in [0.25, 0.3) is 0 Å². The normalized spacial score (nSPS) is 24.8.